The first-order valence-corrected chi connectivity index (χ1v) is 5.95. The summed E-state index contributed by atoms with van der Waals surface area (Å²) >= 11 is 0. The average molecular weight is 247 g/mol. The number of para-hydroxylation sites is 1. The van der Waals surface area contributed by atoms with Gasteiger partial charge in [0.15, 0.2) is 0 Å². The Hall–Kier alpha value is -1.88. The first kappa shape index (κ1) is 12.6. The largest absolute Gasteiger partial charge is 0.492 e. The first-order chi connectivity index (χ1) is 8.75. The molecule has 0 unspecified atom stereocenters. The molecule has 5 heteroatoms. The van der Waals surface area contributed by atoms with E-state index in [-0.39, 0.29) is 6.04 Å². The van der Waals surface area contributed by atoms with Gasteiger partial charge < -0.3 is 10.1 Å². The van der Waals surface area contributed by atoms with E-state index in [1.54, 1.807) is 0 Å². The van der Waals surface area contributed by atoms with Gasteiger partial charge in [0.05, 0.1) is 0 Å². The Morgan fingerprint density at radius 1 is 1.28 bits per heavy atom. The van der Waals surface area contributed by atoms with Gasteiger partial charge in [0.25, 0.3) is 0 Å². The van der Waals surface area contributed by atoms with Crippen molar-refractivity contribution in [3.8, 4) is 5.75 Å². The number of ether oxygens (including phenoxy) is 1. The van der Waals surface area contributed by atoms with Crippen LogP contribution in [0, 0.1) is 6.92 Å². The van der Waals surface area contributed by atoms with Gasteiger partial charge in [-0.05, 0) is 26.0 Å². The highest BCUT2D eigenvalue weighted by molar-refractivity contribution is 5.20. The van der Waals surface area contributed by atoms with Crippen LogP contribution >= 0.6 is 0 Å². The third-order valence-electron chi connectivity index (χ3n) is 2.61. The lowest BCUT2D eigenvalue weighted by atomic mass is 10.3. The van der Waals surface area contributed by atoms with E-state index in [9.17, 15) is 0 Å². The van der Waals surface area contributed by atoms with E-state index in [1.807, 2.05) is 37.3 Å². The summed E-state index contributed by atoms with van der Waals surface area (Å²) in [5.41, 5.74) is 1.65. The highest BCUT2D eigenvalue weighted by atomic mass is 16.6. The lowest BCUT2D eigenvalue weighted by molar-refractivity contribution is 0.269. The number of aryl methyl sites for hydroxylation is 1. The normalized spacial score (nSPS) is 12.3. The Labute approximate surface area is 106 Å². The maximum absolute atomic E-state index is 5.65. The molecule has 0 spiro atoms. The van der Waals surface area contributed by atoms with Crippen LogP contribution in [0.4, 0.5) is 0 Å². The summed E-state index contributed by atoms with van der Waals surface area (Å²) < 4.78 is 10.3. The first-order valence-electron chi connectivity index (χ1n) is 5.95. The molecule has 5 nitrogen and oxygen atoms in total. The predicted octanol–water partition coefficient (Wildman–Crippen LogP) is 1.94. The molecule has 0 aliphatic carbocycles. The second kappa shape index (κ2) is 6.16. The average Bonchev–Trinajstić information content (AvgIpc) is 2.81. The zero-order valence-electron chi connectivity index (χ0n) is 10.6. The van der Waals surface area contributed by atoms with Crippen LogP contribution in [0.2, 0.25) is 0 Å². The van der Waals surface area contributed by atoms with Crippen molar-refractivity contribution in [1.82, 2.24) is 15.6 Å². The SMILES string of the molecule is Cc1nonc1CN[C@H](C)COc1ccccc1. The van der Waals surface area contributed by atoms with Crippen LogP contribution < -0.4 is 10.1 Å². The van der Waals surface area contributed by atoms with Crippen LogP contribution in [-0.4, -0.2) is 23.0 Å². The van der Waals surface area contributed by atoms with Gasteiger partial charge in [0, 0.05) is 12.6 Å². The summed E-state index contributed by atoms with van der Waals surface area (Å²) in [5.74, 6) is 0.880. The number of rotatable bonds is 6. The number of aromatic nitrogens is 2. The number of hydrogen-bond acceptors (Lipinski definition) is 5. The molecule has 2 aromatic rings. The smallest absolute Gasteiger partial charge is 0.121 e. The number of benzene rings is 1. The van der Waals surface area contributed by atoms with Crippen molar-refractivity contribution in [2.75, 3.05) is 6.61 Å². The molecule has 1 heterocycles. The molecule has 0 bridgehead atoms. The molecule has 0 amide bonds. The van der Waals surface area contributed by atoms with E-state index in [4.69, 9.17) is 4.74 Å². The molecule has 18 heavy (non-hydrogen) atoms. The lowest BCUT2D eigenvalue weighted by Crippen LogP contribution is -2.31. The van der Waals surface area contributed by atoms with Crippen molar-refractivity contribution in [3.63, 3.8) is 0 Å². The van der Waals surface area contributed by atoms with E-state index >= 15 is 0 Å². The Morgan fingerprint density at radius 3 is 2.72 bits per heavy atom. The van der Waals surface area contributed by atoms with Crippen molar-refractivity contribution in [2.24, 2.45) is 0 Å². The van der Waals surface area contributed by atoms with Gasteiger partial charge in [-0.2, -0.15) is 0 Å². The van der Waals surface area contributed by atoms with Gasteiger partial charge in [-0.15, -0.1) is 0 Å². The third-order valence-corrected chi connectivity index (χ3v) is 2.61. The summed E-state index contributed by atoms with van der Waals surface area (Å²) in [5, 5.41) is 10.9. The van der Waals surface area contributed by atoms with Gasteiger partial charge in [-0.1, -0.05) is 28.5 Å². The monoisotopic (exact) mass is 247 g/mol. The molecule has 1 atom stereocenters. The zero-order chi connectivity index (χ0) is 12.8. The topological polar surface area (TPSA) is 60.2 Å². The van der Waals surface area contributed by atoms with Crippen molar-refractivity contribution < 1.29 is 9.37 Å². The minimum Gasteiger partial charge on any atom is -0.492 e. The van der Waals surface area contributed by atoms with Crippen molar-refractivity contribution in [3.05, 3.63) is 41.7 Å². The number of nitrogens with one attached hydrogen (secondary N) is 1. The fourth-order valence-electron chi connectivity index (χ4n) is 1.48. The lowest BCUT2D eigenvalue weighted by Gasteiger charge is -2.14. The van der Waals surface area contributed by atoms with Gasteiger partial charge >= 0.3 is 0 Å². The van der Waals surface area contributed by atoms with Crippen LogP contribution in [0.1, 0.15) is 18.3 Å². The van der Waals surface area contributed by atoms with E-state index in [0.717, 1.165) is 17.1 Å². The Kier molecular flexibility index (Phi) is 4.30. The van der Waals surface area contributed by atoms with Crippen molar-refractivity contribution in [2.45, 2.75) is 26.4 Å². The van der Waals surface area contributed by atoms with E-state index < -0.39 is 0 Å². The van der Waals surface area contributed by atoms with Crippen LogP contribution in [0.3, 0.4) is 0 Å². The number of hydrogen-bond donors (Lipinski definition) is 1. The van der Waals surface area contributed by atoms with Gasteiger partial charge in [-0.25, -0.2) is 4.63 Å². The summed E-state index contributed by atoms with van der Waals surface area (Å²) in [6, 6.07) is 9.99. The zero-order valence-corrected chi connectivity index (χ0v) is 10.6. The Morgan fingerprint density at radius 2 is 2.06 bits per heavy atom. The number of nitrogens with zero attached hydrogens (tertiary/aromatic N) is 2. The molecule has 96 valence electrons. The third kappa shape index (κ3) is 3.56. The van der Waals surface area contributed by atoms with Gasteiger partial charge in [0.2, 0.25) is 0 Å². The molecular weight excluding hydrogens is 230 g/mol. The summed E-state index contributed by atoms with van der Waals surface area (Å²) in [6.07, 6.45) is 0. The molecule has 0 saturated heterocycles. The molecular formula is C13H17N3O2. The summed E-state index contributed by atoms with van der Waals surface area (Å²) in [4.78, 5) is 0. The summed E-state index contributed by atoms with van der Waals surface area (Å²) in [6.45, 7) is 5.17. The standard InChI is InChI=1S/C13H17N3O2/c1-10(9-17-12-6-4-3-5-7-12)14-8-13-11(2)15-18-16-13/h3-7,10,14H,8-9H2,1-2H3/t10-/m1/s1. The Balaban J connectivity index is 1.73. The highest BCUT2D eigenvalue weighted by Gasteiger charge is 2.07. The molecule has 0 fully saturated rings. The molecule has 0 radical (unpaired) electrons. The minimum absolute atomic E-state index is 0.223. The second-order valence-corrected chi connectivity index (χ2v) is 4.20. The van der Waals surface area contributed by atoms with Crippen molar-refractivity contribution in [1.29, 1.82) is 0 Å². The van der Waals surface area contributed by atoms with E-state index in [0.29, 0.717) is 13.2 Å². The maximum Gasteiger partial charge on any atom is 0.121 e. The van der Waals surface area contributed by atoms with E-state index in [2.05, 4.69) is 27.2 Å². The fourth-order valence-corrected chi connectivity index (χ4v) is 1.48. The quantitative estimate of drug-likeness (QED) is 0.845. The second-order valence-electron chi connectivity index (χ2n) is 4.20. The van der Waals surface area contributed by atoms with Crippen LogP contribution in [-0.2, 0) is 6.54 Å². The molecule has 0 saturated carbocycles. The van der Waals surface area contributed by atoms with Crippen molar-refractivity contribution >= 4 is 0 Å². The predicted molar refractivity (Wildman–Crippen MR) is 67.3 cm³/mol. The minimum atomic E-state index is 0.223. The van der Waals surface area contributed by atoms with Gasteiger partial charge in [-0.3, -0.25) is 0 Å². The molecule has 1 aromatic heterocycles. The molecule has 1 N–H and O–H groups in total. The molecule has 2 rings (SSSR count). The van der Waals surface area contributed by atoms with Crippen LogP contribution in [0.5, 0.6) is 5.75 Å². The molecule has 0 aliphatic rings. The molecule has 0 aliphatic heterocycles. The summed E-state index contributed by atoms with van der Waals surface area (Å²) in [7, 11) is 0. The van der Waals surface area contributed by atoms with Crippen LogP contribution in [0.25, 0.3) is 0 Å². The fraction of sp³-hybridized carbons (Fsp3) is 0.385. The van der Waals surface area contributed by atoms with Gasteiger partial charge in [0.1, 0.15) is 23.7 Å². The highest BCUT2D eigenvalue weighted by Crippen LogP contribution is 2.08. The van der Waals surface area contributed by atoms with E-state index in [1.165, 1.54) is 0 Å². The maximum atomic E-state index is 5.65. The Bertz CT molecular complexity index is 470. The molecule has 1 aromatic carbocycles. The van der Waals surface area contributed by atoms with Crippen LogP contribution in [0.15, 0.2) is 35.0 Å².